The van der Waals surface area contributed by atoms with Gasteiger partial charge in [-0.1, -0.05) is 0 Å². The minimum atomic E-state index is -0.788. The molecule has 1 aromatic rings. The van der Waals surface area contributed by atoms with Gasteiger partial charge >= 0.3 is 5.97 Å². The highest BCUT2D eigenvalue weighted by Gasteiger charge is 2.22. The lowest BCUT2D eigenvalue weighted by Crippen LogP contribution is -2.10. The number of carboxylic acid groups (broad SMARTS) is 1. The molecular weight excluding hydrogens is 218 g/mol. The van der Waals surface area contributed by atoms with Crippen LogP contribution in [-0.2, 0) is 11.2 Å². The molecule has 2 N–H and O–H groups in total. The van der Waals surface area contributed by atoms with E-state index < -0.39 is 5.97 Å². The van der Waals surface area contributed by atoms with Crippen molar-refractivity contribution in [1.82, 2.24) is 9.97 Å². The summed E-state index contributed by atoms with van der Waals surface area (Å²) < 4.78 is 0. The van der Waals surface area contributed by atoms with Crippen LogP contribution >= 0.6 is 0 Å². The number of rotatable bonds is 5. The van der Waals surface area contributed by atoms with Crippen LogP contribution in [0.3, 0.4) is 0 Å². The first-order chi connectivity index (χ1) is 8.06. The third-order valence-electron chi connectivity index (χ3n) is 2.92. The van der Waals surface area contributed by atoms with Crippen LogP contribution < -0.4 is 5.32 Å². The van der Waals surface area contributed by atoms with Crippen LogP contribution in [0.5, 0.6) is 0 Å². The van der Waals surface area contributed by atoms with Crippen LogP contribution in [0.2, 0.25) is 0 Å². The summed E-state index contributed by atoms with van der Waals surface area (Å²) in [5.41, 5.74) is 2.71. The first-order valence-electron chi connectivity index (χ1n) is 5.88. The van der Waals surface area contributed by atoms with Gasteiger partial charge in [0.2, 0.25) is 5.95 Å². The number of anilines is 1. The van der Waals surface area contributed by atoms with E-state index in [4.69, 9.17) is 5.11 Å². The lowest BCUT2D eigenvalue weighted by molar-refractivity contribution is -0.136. The van der Waals surface area contributed by atoms with Crippen molar-refractivity contribution in [3.05, 3.63) is 17.0 Å². The SMILES string of the molecule is Cc1nc(NC2CC2)nc(C)c1CCC(=O)O. The predicted octanol–water partition coefficient (Wildman–Crippen LogP) is 1.68. The van der Waals surface area contributed by atoms with E-state index in [9.17, 15) is 4.79 Å². The van der Waals surface area contributed by atoms with E-state index in [0.717, 1.165) is 17.0 Å². The highest BCUT2D eigenvalue weighted by Crippen LogP contribution is 2.24. The molecule has 0 unspecified atom stereocenters. The molecule has 1 fully saturated rings. The van der Waals surface area contributed by atoms with E-state index in [0.29, 0.717) is 18.4 Å². The molecule has 0 spiro atoms. The van der Waals surface area contributed by atoms with Gasteiger partial charge in [0, 0.05) is 23.9 Å². The quantitative estimate of drug-likeness (QED) is 0.812. The smallest absolute Gasteiger partial charge is 0.303 e. The number of nitrogens with one attached hydrogen (secondary N) is 1. The molecule has 1 saturated carbocycles. The summed E-state index contributed by atoms with van der Waals surface area (Å²) in [5, 5.41) is 11.9. The summed E-state index contributed by atoms with van der Waals surface area (Å²) in [6.45, 7) is 3.81. The summed E-state index contributed by atoms with van der Waals surface area (Å²) in [5.74, 6) is -0.120. The number of aryl methyl sites for hydroxylation is 2. The fraction of sp³-hybridized carbons (Fsp3) is 0.583. The second-order valence-electron chi connectivity index (χ2n) is 4.51. The highest BCUT2D eigenvalue weighted by atomic mass is 16.4. The minimum absolute atomic E-state index is 0.125. The third-order valence-corrected chi connectivity index (χ3v) is 2.92. The molecule has 1 heterocycles. The Morgan fingerprint density at radius 1 is 1.35 bits per heavy atom. The minimum Gasteiger partial charge on any atom is -0.481 e. The van der Waals surface area contributed by atoms with E-state index in [2.05, 4.69) is 15.3 Å². The molecule has 0 aromatic carbocycles. The van der Waals surface area contributed by atoms with Crippen molar-refractivity contribution in [1.29, 1.82) is 0 Å². The van der Waals surface area contributed by atoms with Crippen molar-refractivity contribution in [3.8, 4) is 0 Å². The monoisotopic (exact) mass is 235 g/mol. The van der Waals surface area contributed by atoms with Gasteiger partial charge in [0.25, 0.3) is 0 Å². The lowest BCUT2D eigenvalue weighted by atomic mass is 10.1. The second kappa shape index (κ2) is 4.69. The van der Waals surface area contributed by atoms with E-state index in [1.54, 1.807) is 0 Å². The summed E-state index contributed by atoms with van der Waals surface area (Å²) in [7, 11) is 0. The number of carbonyl (C=O) groups is 1. The van der Waals surface area contributed by atoms with Crippen LogP contribution in [0, 0.1) is 13.8 Å². The van der Waals surface area contributed by atoms with Crippen molar-refractivity contribution in [2.24, 2.45) is 0 Å². The van der Waals surface area contributed by atoms with Crippen molar-refractivity contribution in [2.45, 2.75) is 45.6 Å². The standard InChI is InChI=1S/C12H17N3O2/c1-7-10(5-6-11(16)17)8(2)14-12(13-7)15-9-3-4-9/h9H,3-6H2,1-2H3,(H,16,17)(H,13,14,15). The van der Waals surface area contributed by atoms with Gasteiger partial charge in [-0.3, -0.25) is 4.79 Å². The molecule has 0 atom stereocenters. The summed E-state index contributed by atoms with van der Waals surface area (Å²) >= 11 is 0. The number of nitrogens with zero attached hydrogens (tertiary/aromatic N) is 2. The Balaban J connectivity index is 2.12. The van der Waals surface area contributed by atoms with Gasteiger partial charge in [-0.05, 0) is 38.7 Å². The Kier molecular flexibility index (Phi) is 3.26. The van der Waals surface area contributed by atoms with E-state index >= 15 is 0 Å². The number of aliphatic carboxylic acids is 1. The van der Waals surface area contributed by atoms with E-state index in [-0.39, 0.29) is 6.42 Å². The molecule has 5 nitrogen and oxygen atoms in total. The van der Waals surface area contributed by atoms with Crippen LogP contribution in [0.4, 0.5) is 5.95 Å². The van der Waals surface area contributed by atoms with Gasteiger partial charge in [-0.15, -0.1) is 0 Å². The van der Waals surface area contributed by atoms with Gasteiger partial charge < -0.3 is 10.4 Å². The third kappa shape index (κ3) is 3.15. The molecule has 1 aromatic heterocycles. The first-order valence-corrected chi connectivity index (χ1v) is 5.88. The number of carboxylic acids is 1. The molecule has 2 rings (SSSR count). The van der Waals surface area contributed by atoms with E-state index in [1.165, 1.54) is 12.8 Å². The maximum atomic E-state index is 10.6. The largest absolute Gasteiger partial charge is 0.481 e. The molecule has 0 radical (unpaired) electrons. The Morgan fingerprint density at radius 3 is 2.41 bits per heavy atom. The number of hydrogen-bond acceptors (Lipinski definition) is 4. The normalized spacial score (nSPS) is 14.7. The molecule has 0 bridgehead atoms. The van der Waals surface area contributed by atoms with Crippen LogP contribution in [0.25, 0.3) is 0 Å². The molecular formula is C12H17N3O2. The van der Waals surface area contributed by atoms with E-state index in [1.807, 2.05) is 13.8 Å². The van der Waals surface area contributed by atoms with Crippen LogP contribution in [-0.4, -0.2) is 27.1 Å². The second-order valence-corrected chi connectivity index (χ2v) is 4.51. The van der Waals surface area contributed by atoms with Gasteiger partial charge in [0.15, 0.2) is 0 Å². The summed E-state index contributed by atoms with van der Waals surface area (Å²) in [6, 6.07) is 0.527. The van der Waals surface area contributed by atoms with Crippen LogP contribution in [0.15, 0.2) is 0 Å². The van der Waals surface area contributed by atoms with Gasteiger partial charge in [-0.25, -0.2) is 9.97 Å². The van der Waals surface area contributed by atoms with Crippen molar-refractivity contribution in [2.75, 3.05) is 5.32 Å². The fourth-order valence-corrected chi connectivity index (χ4v) is 1.81. The molecule has 0 aliphatic heterocycles. The fourth-order valence-electron chi connectivity index (χ4n) is 1.81. The highest BCUT2D eigenvalue weighted by molar-refractivity contribution is 5.67. The Bertz CT molecular complexity index is 418. The molecule has 1 aliphatic rings. The zero-order valence-electron chi connectivity index (χ0n) is 10.2. The zero-order chi connectivity index (χ0) is 12.4. The Labute approximate surface area is 100 Å². The van der Waals surface area contributed by atoms with Gasteiger partial charge in [0.05, 0.1) is 0 Å². The molecule has 92 valence electrons. The lowest BCUT2D eigenvalue weighted by Gasteiger charge is -2.10. The van der Waals surface area contributed by atoms with Crippen molar-refractivity contribution < 1.29 is 9.90 Å². The maximum absolute atomic E-state index is 10.6. The summed E-state index contributed by atoms with van der Waals surface area (Å²) in [6.07, 6.45) is 2.99. The first kappa shape index (κ1) is 11.8. The number of hydrogen-bond donors (Lipinski definition) is 2. The Morgan fingerprint density at radius 2 is 1.94 bits per heavy atom. The van der Waals surface area contributed by atoms with Gasteiger partial charge in [0.1, 0.15) is 0 Å². The average Bonchev–Trinajstić information content (AvgIpc) is 2.99. The predicted molar refractivity (Wildman–Crippen MR) is 64.1 cm³/mol. The Hall–Kier alpha value is -1.65. The van der Waals surface area contributed by atoms with Crippen molar-refractivity contribution in [3.63, 3.8) is 0 Å². The van der Waals surface area contributed by atoms with Crippen LogP contribution in [0.1, 0.15) is 36.2 Å². The maximum Gasteiger partial charge on any atom is 0.303 e. The number of aromatic nitrogens is 2. The zero-order valence-corrected chi connectivity index (χ0v) is 10.2. The topological polar surface area (TPSA) is 75.1 Å². The summed E-state index contributed by atoms with van der Waals surface area (Å²) in [4.78, 5) is 19.3. The van der Waals surface area contributed by atoms with Gasteiger partial charge in [-0.2, -0.15) is 0 Å². The molecule has 0 saturated heterocycles. The average molecular weight is 235 g/mol. The molecule has 5 heteroatoms. The molecule has 0 amide bonds. The molecule has 17 heavy (non-hydrogen) atoms. The van der Waals surface area contributed by atoms with Crippen molar-refractivity contribution >= 4 is 11.9 Å². The molecule has 1 aliphatic carbocycles.